The Morgan fingerprint density at radius 1 is 1.40 bits per heavy atom. The predicted octanol–water partition coefficient (Wildman–Crippen LogP) is -0.126. The summed E-state index contributed by atoms with van der Waals surface area (Å²) in [4.78, 5) is 39.1. The zero-order chi connectivity index (χ0) is 14.3. The Bertz CT molecular complexity index is 737. The molecule has 2 aromatic rings. The van der Waals surface area contributed by atoms with E-state index in [2.05, 4.69) is 15.4 Å². The van der Waals surface area contributed by atoms with E-state index in [-0.39, 0.29) is 30.2 Å². The molecule has 20 heavy (non-hydrogen) atoms. The molecule has 0 bridgehead atoms. The Morgan fingerprint density at radius 3 is 2.90 bits per heavy atom. The van der Waals surface area contributed by atoms with Gasteiger partial charge in [-0.3, -0.25) is 15.0 Å². The van der Waals surface area contributed by atoms with E-state index in [1.165, 1.54) is 27.9 Å². The number of carboxylic acid groups (broad SMARTS) is 1. The van der Waals surface area contributed by atoms with E-state index in [4.69, 9.17) is 5.11 Å². The van der Waals surface area contributed by atoms with Crippen molar-refractivity contribution in [3.63, 3.8) is 0 Å². The number of amides is 3. The van der Waals surface area contributed by atoms with Gasteiger partial charge in [0.15, 0.2) is 11.3 Å². The van der Waals surface area contributed by atoms with Gasteiger partial charge in [-0.1, -0.05) is 0 Å². The maximum atomic E-state index is 11.8. The average Bonchev–Trinajstić information content (AvgIpc) is 2.81. The van der Waals surface area contributed by atoms with Gasteiger partial charge in [0.1, 0.15) is 5.69 Å². The monoisotopic (exact) mass is 275 g/mol. The molecule has 1 aliphatic rings. The topological polar surface area (TPSA) is 117 Å². The van der Waals surface area contributed by atoms with Crippen molar-refractivity contribution in [2.75, 3.05) is 11.4 Å². The highest BCUT2D eigenvalue weighted by atomic mass is 16.4. The minimum Gasteiger partial charge on any atom is -0.477 e. The number of fused-ring (bicyclic) bond motifs is 1. The number of aromatic nitrogens is 3. The molecule has 1 saturated heterocycles. The molecule has 0 radical (unpaired) electrons. The van der Waals surface area contributed by atoms with Crippen molar-refractivity contribution in [3.8, 4) is 0 Å². The lowest BCUT2D eigenvalue weighted by Crippen LogP contribution is -2.49. The first kappa shape index (κ1) is 12.1. The molecule has 0 spiro atoms. The average molecular weight is 275 g/mol. The molecular formula is C11H9N5O4. The number of urea groups is 1. The molecule has 9 nitrogen and oxygen atoms in total. The molecule has 2 N–H and O–H groups in total. The fraction of sp³-hybridized carbons (Fsp3) is 0.182. The fourth-order valence-electron chi connectivity index (χ4n) is 1.96. The lowest BCUT2D eigenvalue weighted by atomic mass is 10.3. The number of nitrogens with zero attached hydrogens (tertiary/aromatic N) is 4. The summed E-state index contributed by atoms with van der Waals surface area (Å²) < 4.78 is 1.37. The number of hydrogen-bond acceptors (Lipinski definition) is 5. The second kappa shape index (κ2) is 4.30. The molecule has 3 rings (SSSR count). The maximum absolute atomic E-state index is 11.8. The molecule has 0 saturated carbocycles. The summed E-state index contributed by atoms with van der Waals surface area (Å²) >= 11 is 0. The molecule has 3 heterocycles. The van der Waals surface area contributed by atoms with Gasteiger partial charge in [0.25, 0.3) is 0 Å². The molecule has 0 atom stereocenters. The molecule has 0 unspecified atom stereocenters. The van der Waals surface area contributed by atoms with E-state index >= 15 is 0 Å². The van der Waals surface area contributed by atoms with Crippen molar-refractivity contribution >= 4 is 29.2 Å². The third-order valence-electron chi connectivity index (χ3n) is 2.91. The van der Waals surface area contributed by atoms with Gasteiger partial charge in [-0.05, 0) is 6.07 Å². The number of rotatable bonds is 2. The van der Waals surface area contributed by atoms with Crippen molar-refractivity contribution in [2.24, 2.45) is 0 Å². The number of aromatic carboxylic acids is 1. The van der Waals surface area contributed by atoms with E-state index in [9.17, 15) is 14.4 Å². The van der Waals surface area contributed by atoms with E-state index < -0.39 is 12.0 Å². The van der Waals surface area contributed by atoms with Crippen LogP contribution in [0.2, 0.25) is 0 Å². The van der Waals surface area contributed by atoms with Crippen LogP contribution in [0.15, 0.2) is 18.5 Å². The predicted molar refractivity (Wildman–Crippen MR) is 65.4 cm³/mol. The quantitative estimate of drug-likeness (QED) is 0.788. The number of imide groups is 1. The first-order valence-electron chi connectivity index (χ1n) is 5.75. The van der Waals surface area contributed by atoms with Gasteiger partial charge in [0.05, 0.1) is 6.20 Å². The minimum absolute atomic E-state index is 0.146. The lowest BCUT2D eigenvalue weighted by molar-refractivity contribution is -0.120. The van der Waals surface area contributed by atoms with Crippen LogP contribution >= 0.6 is 0 Å². The highest BCUT2D eigenvalue weighted by molar-refractivity contribution is 6.07. The van der Waals surface area contributed by atoms with Crippen LogP contribution in [0.4, 0.5) is 10.5 Å². The largest absolute Gasteiger partial charge is 0.477 e. The van der Waals surface area contributed by atoms with Crippen LogP contribution in [0.5, 0.6) is 0 Å². The van der Waals surface area contributed by atoms with Crippen molar-refractivity contribution in [1.29, 1.82) is 0 Å². The number of hydrogen-bond donors (Lipinski definition) is 2. The zero-order valence-corrected chi connectivity index (χ0v) is 10.1. The third-order valence-corrected chi connectivity index (χ3v) is 2.91. The van der Waals surface area contributed by atoms with Crippen molar-refractivity contribution in [2.45, 2.75) is 6.42 Å². The van der Waals surface area contributed by atoms with E-state index in [0.717, 1.165) is 0 Å². The number of nitrogens with one attached hydrogen (secondary N) is 1. The molecule has 0 aromatic carbocycles. The Morgan fingerprint density at radius 2 is 2.20 bits per heavy atom. The Kier molecular flexibility index (Phi) is 2.60. The van der Waals surface area contributed by atoms with Gasteiger partial charge >= 0.3 is 12.0 Å². The maximum Gasteiger partial charge on any atom is 0.354 e. The molecule has 3 amide bonds. The molecule has 0 aliphatic carbocycles. The van der Waals surface area contributed by atoms with Crippen LogP contribution in [0.25, 0.3) is 5.65 Å². The van der Waals surface area contributed by atoms with Gasteiger partial charge in [0.2, 0.25) is 5.91 Å². The molecule has 9 heteroatoms. The lowest BCUT2D eigenvalue weighted by Gasteiger charge is -2.25. The molecule has 1 aliphatic heterocycles. The summed E-state index contributed by atoms with van der Waals surface area (Å²) in [6.07, 6.45) is 3.02. The summed E-state index contributed by atoms with van der Waals surface area (Å²) in [5.74, 6) is -1.51. The number of carbonyl (C=O) groups excluding carboxylic acids is 2. The smallest absolute Gasteiger partial charge is 0.354 e. The highest BCUT2D eigenvalue weighted by Gasteiger charge is 2.27. The SMILES string of the molecule is O=C1CCN(c2cnn3ccc(C(=O)O)nc23)C(=O)N1. The Labute approximate surface area is 111 Å². The van der Waals surface area contributed by atoms with Crippen LogP contribution < -0.4 is 10.2 Å². The van der Waals surface area contributed by atoms with Crippen molar-refractivity contribution < 1.29 is 19.5 Å². The summed E-state index contributed by atoms with van der Waals surface area (Å²) in [5, 5.41) is 15.1. The highest BCUT2D eigenvalue weighted by Crippen LogP contribution is 2.21. The summed E-state index contributed by atoms with van der Waals surface area (Å²) in [7, 11) is 0. The number of anilines is 1. The molecule has 1 fully saturated rings. The van der Waals surface area contributed by atoms with Crippen LogP contribution in [0.1, 0.15) is 16.9 Å². The van der Waals surface area contributed by atoms with E-state index in [1.807, 2.05) is 0 Å². The second-order valence-corrected chi connectivity index (χ2v) is 4.17. The summed E-state index contributed by atoms with van der Waals surface area (Å²) in [6, 6.07) is 0.741. The summed E-state index contributed by atoms with van der Waals surface area (Å²) in [5.41, 5.74) is 0.459. The Hall–Kier alpha value is -2.97. The molecule has 102 valence electrons. The number of carboxylic acids is 1. The van der Waals surface area contributed by atoms with Crippen LogP contribution in [0, 0.1) is 0 Å². The normalized spacial score (nSPS) is 15.5. The van der Waals surface area contributed by atoms with Crippen molar-refractivity contribution in [1.82, 2.24) is 19.9 Å². The van der Waals surface area contributed by atoms with Crippen molar-refractivity contribution in [3.05, 3.63) is 24.2 Å². The third kappa shape index (κ3) is 1.85. The van der Waals surface area contributed by atoms with Gasteiger partial charge < -0.3 is 5.11 Å². The van der Waals surface area contributed by atoms with Gasteiger partial charge in [-0.15, -0.1) is 0 Å². The standard InChI is InChI=1S/C11H9N5O4/c17-8-2-3-15(11(20)14-8)7-5-12-16-4-1-6(10(18)19)13-9(7)16/h1,4-5H,2-3H2,(H,18,19)(H,14,17,20). The minimum atomic E-state index is -1.17. The van der Waals surface area contributed by atoms with Gasteiger partial charge in [-0.2, -0.15) is 5.10 Å². The van der Waals surface area contributed by atoms with Gasteiger partial charge in [-0.25, -0.2) is 19.1 Å². The van der Waals surface area contributed by atoms with Crippen LogP contribution in [-0.2, 0) is 4.79 Å². The first-order valence-corrected chi connectivity index (χ1v) is 5.75. The second-order valence-electron chi connectivity index (χ2n) is 4.17. The van der Waals surface area contributed by atoms with Crippen LogP contribution in [-0.4, -0.2) is 44.2 Å². The molecule has 2 aromatic heterocycles. The van der Waals surface area contributed by atoms with E-state index in [1.54, 1.807) is 0 Å². The van der Waals surface area contributed by atoms with E-state index in [0.29, 0.717) is 5.69 Å². The fourth-order valence-corrected chi connectivity index (χ4v) is 1.96. The summed E-state index contributed by atoms with van der Waals surface area (Å²) in [6.45, 7) is 0.199. The zero-order valence-electron chi connectivity index (χ0n) is 10.1. The number of carbonyl (C=O) groups is 3. The molecular weight excluding hydrogens is 266 g/mol. The van der Waals surface area contributed by atoms with Gasteiger partial charge in [0, 0.05) is 19.2 Å². The first-order chi connectivity index (χ1) is 9.56. The van der Waals surface area contributed by atoms with Crippen LogP contribution in [0.3, 0.4) is 0 Å². The Balaban J connectivity index is 2.07.